The summed E-state index contributed by atoms with van der Waals surface area (Å²) < 4.78 is 21.0. The number of nitrogens with one attached hydrogen (secondary N) is 1. The molecule has 1 aliphatic heterocycles. The van der Waals surface area contributed by atoms with Crippen molar-refractivity contribution in [1.82, 2.24) is 14.9 Å². The molecule has 0 spiro atoms. The van der Waals surface area contributed by atoms with Gasteiger partial charge in [-0.05, 0) is 12.1 Å². The van der Waals surface area contributed by atoms with Crippen LogP contribution in [0.1, 0.15) is 0 Å². The van der Waals surface area contributed by atoms with Gasteiger partial charge in [0.15, 0.2) is 0 Å². The molecule has 0 aliphatic carbocycles. The lowest BCUT2D eigenvalue weighted by Gasteiger charge is -2.24. The second kappa shape index (κ2) is 5.50. The van der Waals surface area contributed by atoms with Crippen molar-refractivity contribution in [2.75, 3.05) is 19.7 Å². The number of ether oxygens (including phenoxy) is 1. The van der Waals surface area contributed by atoms with Crippen LogP contribution in [0.25, 0.3) is 11.3 Å². The second-order valence-corrected chi connectivity index (χ2v) is 4.64. The van der Waals surface area contributed by atoms with Gasteiger partial charge < -0.3 is 14.6 Å². The molecule has 1 N–H and O–H groups in total. The summed E-state index contributed by atoms with van der Waals surface area (Å²) in [6.45, 7) is 3.19. The van der Waals surface area contributed by atoms with E-state index < -0.39 is 0 Å². The van der Waals surface area contributed by atoms with Gasteiger partial charge in [0, 0.05) is 18.7 Å². The summed E-state index contributed by atoms with van der Waals surface area (Å²) in [6, 6.07) is 6.56. The topological polar surface area (TPSA) is 39.1 Å². The van der Waals surface area contributed by atoms with Crippen LogP contribution in [0.3, 0.4) is 0 Å². The zero-order chi connectivity index (χ0) is 13.1. The van der Waals surface area contributed by atoms with Gasteiger partial charge in [0.1, 0.15) is 5.82 Å². The van der Waals surface area contributed by atoms with E-state index in [4.69, 9.17) is 4.74 Å². The number of nitrogens with zero attached hydrogens (tertiary/aromatic N) is 2. The van der Waals surface area contributed by atoms with Gasteiger partial charge in [-0.3, -0.25) is 0 Å². The minimum atomic E-state index is -0.235. The molecule has 0 radical (unpaired) electrons. The Kier molecular flexibility index (Phi) is 3.57. The number of benzene rings is 1. The normalized spacial score (nSPS) is 19.5. The van der Waals surface area contributed by atoms with Crippen LogP contribution in [-0.4, -0.2) is 35.4 Å². The van der Waals surface area contributed by atoms with E-state index in [-0.39, 0.29) is 11.9 Å². The van der Waals surface area contributed by atoms with Crippen LogP contribution in [-0.2, 0) is 11.3 Å². The number of hydrogen-bond donors (Lipinski definition) is 1. The number of halogens is 1. The van der Waals surface area contributed by atoms with Crippen molar-refractivity contribution >= 4 is 0 Å². The molecule has 4 nitrogen and oxygen atoms in total. The SMILES string of the molecule is Fc1cccc(-c2cncn2CC2CNCCO2)c1. The van der Waals surface area contributed by atoms with Crippen LogP contribution < -0.4 is 5.32 Å². The van der Waals surface area contributed by atoms with Crippen molar-refractivity contribution in [2.24, 2.45) is 0 Å². The second-order valence-electron chi connectivity index (χ2n) is 4.64. The predicted octanol–water partition coefficient (Wildman–Crippen LogP) is 1.68. The monoisotopic (exact) mass is 261 g/mol. The molecule has 1 atom stereocenters. The van der Waals surface area contributed by atoms with Crippen LogP contribution in [0.15, 0.2) is 36.8 Å². The first-order chi connectivity index (χ1) is 9.33. The number of morpholine rings is 1. The summed E-state index contributed by atoms with van der Waals surface area (Å²) in [5.41, 5.74) is 1.75. The summed E-state index contributed by atoms with van der Waals surface area (Å²) in [7, 11) is 0. The maximum Gasteiger partial charge on any atom is 0.123 e. The molecule has 3 rings (SSSR count). The minimum absolute atomic E-state index is 0.134. The van der Waals surface area contributed by atoms with Crippen LogP contribution >= 0.6 is 0 Å². The lowest BCUT2D eigenvalue weighted by Crippen LogP contribution is -2.40. The highest BCUT2D eigenvalue weighted by Crippen LogP contribution is 2.20. The Bertz CT molecular complexity index is 549. The highest BCUT2D eigenvalue weighted by molar-refractivity contribution is 5.58. The fourth-order valence-electron chi connectivity index (χ4n) is 2.31. The fraction of sp³-hybridized carbons (Fsp3) is 0.357. The first kappa shape index (κ1) is 12.3. The minimum Gasteiger partial charge on any atom is -0.374 e. The molecule has 2 heterocycles. The van der Waals surface area contributed by atoms with Gasteiger partial charge in [-0.25, -0.2) is 9.37 Å². The van der Waals surface area contributed by atoms with Gasteiger partial charge in [-0.1, -0.05) is 12.1 Å². The Balaban J connectivity index is 1.81. The van der Waals surface area contributed by atoms with Crippen LogP contribution in [0, 0.1) is 5.82 Å². The smallest absolute Gasteiger partial charge is 0.123 e. The third-order valence-electron chi connectivity index (χ3n) is 3.24. The van der Waals surface area contributed by atoms with Gasteiger partial charge >= 0.3 is 0 Å². The van der Waals surface area contributed by atoms with Crippen molar-refractivity contribution in [3.8, 4) is 11.3 Å². The highest BCUT2D eigenvalue weighted by atomic mass is 19.1. The summed E-state index contributed by atoms with van der Waals surface area (Å²) in [5, 5.41) is 3.30. The third kappa shape index (κ3) is 2.83. The van der Waals surface area contributed by atoms with Crippen molar-refractivity contribution in [2.45, 2.75) is 12.6 Å². The zero-order valence-corrected chi connectivity index (χ0v) is 10.6. The van der Waals surface area contributed by atoms with E-state index in [0.717, 1.165) is 37.5 Å². The van der Waals surface area contributed by atoms with Crippen LogP contribution in [0.5, 0.6) is 0 Å². The van der Waals surface area contributed by atoms with Gasteiger partial charge in [0.05, 0.1) is 37.5 Å². The summed E-state index contributed by atoms with van der Waals surface area (Å²) in [6.07, 6.45) is 3.65. The van der Waals surface area contributed by atoms with Gasteiger partial charge in [0.25, 0.3) is 0 Å². The molecular weight excluding hydrogens is 245 g/mol. The molecule has 0 bridgehead atoms. The lowest BCUT2D eigenvalue weighted by molar-refractivity contribution is 0.0184. The van der Waals surface area contributed by atoms with Crippen molar-refractivity contribution in [3.05, 3.63) is 42.6 Å². The number of aromatic nitrogens is 2. The van der Waals surface area contributed by atoms with Crippen LogP contribution in [0.4, 0.5) is 4.39 Å². The standard InChI is InChI=1S/C14H16FN3O/c15-12-3-1-2-11(6-12)14-8-17-10-18(14)9-13-7-16-4-5-19-13/h1-3,6,8,10,13,16H,4-5,7,9H2. The maximum atomic E-state index is 13.3. The van der Waals surface area contributed by atoms with E-state index in [9.17, 15) is 4.39 Å². The van der Waals surface area contributed by atoms with Crippen LogP contribution in [0.2, 0.25) is 0 Å². The van der Waals surface area contributed by atoms with E-state index in [1.807, 2.05) is 10.6 Å². The fourth-order valence-corrected chi connectivity index (χ4v) is 2.31. The van der Waals surface area contributed by atoms with Gasteiger partial charge in [-0.2, -0.15) is 0 Å². The molecule has 5 heteroatoms. The molecule has 0 amide bonds. The average Bonchev–Trinajstić information content (AvgIpc) is 2.88. The quantitative estimate of drug-likeness (QED) is 0.913. The first-order valence-electron chi connectivity index (χ1n) is 6.41. The van der Waals surface area contributed by atoms with E-state index >= 15 is 0 Å². The Labute approximate surface area is 111 Å². The Morgan fingerprint density at radius 2 is 2.42 bits per heavy atom. The molecule has 2 aromatic rings. The largest absolute Gasteiger partial charge is 0.374 e. The van der Waals surface area contributed by atoms with Gasteiger partial charge in [0.2, 0.25) is 0 Å². The molecule has 1 saturated heterocycles. The lowest BCUT2D eigenvalue weighted by atomic mass is 10.1. The first-order valence-corrected chi connectivity index (χ1v) is 6.41. The van der Waals surface area contributed by atoms with Crippen molar-refractivity contribution < 1.29 is 9.13 Å². The Morgan fingerprint density at radius 1 is 1.47 bits per heavy atom. The Morgan fingerprint density at radius 3 is 3.21 bits per heavy atom. The number of imidazole rings is 1. The molecule has 19 heavy (non-hydrogen) atoms. The summed E-state index contributed by atoms with van der Waals surface area (Å²) in [5.74, 6) is -0.235. The molecule has 1 fully saturated rings. The predicted molar refractivity (Wildman–Crippen MR) is 70.2 cm³/mol. The van der Waals surface area contributed by atoms with E-state index in [1.54, 1.807) is 18.6 Å². The highest BCUT2D eigenvalue weighted by Gasteiger charge is 2.16. The average molecular weight is 261 g/mol. The molecule has 1 aromatic heterocycles. The van der Waals surface area contributed by atoms with Crippen molar-refractivity contribution in [3.63, 3.8) is 0 Å². The molecule has 0 saturated carbocycles. The third-order valence-corrected chi connectivity index (χ3v) is 3.24. The molecule has 1 aliphatic rings. The molecular formula is C14H16FN3O. The summed E-state index contributed by atoms with van der Waals surface area (Å²) >= 11 is 0. The van der Waals surface area contributed by atoms with Gasteiger partial charge in [-0.15, -0.1) is 0 Å². The number of hydrogen-bond acceptors (Lipinski definition) is 3. The number of rotatable bonds is 3. The van der Waals surface area contributed by atoms with E-state index in [2.05, 4.69) is 10.3 Å². The molecule has 100 valence electrons. The van der Waals surface area contributed by atoms with E-state index in [1.165, 1.54) is 12.1 Å². The van der Waals surface area contributed by atoms with Crippen molar-refractivity contribution in [1.29, 1.82) is 0 Å². The summed E-state index contributed by atoms with van der Waals surface area (Å²) in [4.78, 5) is 4.16. The zero-order valence-electron chi connectivity index (χ0n) is 10.6. The molecule has 1 aromatic carbocycles. The van der Waals surface area contributed by atoms with E-state index in [0.29, 0.717) is 0 Å². The molecule has 1 unspecified atom stereocenters. The Hall–Kier alpha value is -1.72. The maximum absolute atomic E-state index is 13.3.